The fourth-order valence-electron chi connectivity index (χ4n) is 2.34. The summed E-state index contributed by atoms with van der Waals surface area (Å²) in [5.41, 5.74) is 0.122. The molecular formula is C13H21N3O3. The van der Waals surface area contributed by atoms with Crippen molar-refractivity contribution in [2.24, 2.45) is 14.1 Å². The molecule has 1 N–H and O–H groups in total. The van der Waals surface area contributed by atoms with Crippen LogP contribution in [0.1, 0.15) is 25.5 Å². The molecule has 0 saturated carbocycles. The molecule has 6 heteroatoms. The summed E-state index contributed by atoms with van der Waals surface area (Å²) in [7, 11) is 3.16. The number of nitrogens with one attached hydrogen (secondary N) is 1. The molecule has 1 aliphatic rings. The van der Waals surface area contributed by atoms with Crippen LogP contribution in [0.15, 0.2) is 15.7 Å². The van der Waals surface area contributed by atoms with Gasteiger partial charge >= 0.3 is 5.69 Å². The Kier molecular flexibility index (Phi) is 4.21. The predicted molar refractivity (Wildman–Crippen MR) is 72.2 cm³/mol. The van der Waals surface area contributed by atoms with Crippen LogP contribution in [0.4, 0.5) is 0 Å². The maximum absolute atomic E-state index is 11.8. The lowest BCUT2D eigenvalue weighted by Crippen LogP contribution is -2.41. The van der Waals surface area contributed by atoms with Crippen LogP contribution in [0.25, 0.3) is 0 Å². The minimum absolute atomic E-state index is 0.210. The second kappa shape index (κ2) is 5.71. The molecule has 0 aromatic carbocycles. The number of hydrogen-bond acceptors (Lipinski definition) is 4. The molecule has 1 aromatic heterocycles. The lowest BCUT2D eigenvalue weighted by molar-refractivity contribution is 0.0829. The SMILES string of the molecule is CC(NCc1cc(=O)n(C)c(=O)n1C)C1CCCO1. The van der Waals surface area contributed by atoms with Crippen LogP contribution in [0.3, 0.4) is 0 Å². The Hall–Kier alpha value is -1.40. The number of nitrogens with zero attached hydrogens (tertiary/aromatic N) is 2. The van der Waals surface area contributed by atoms with Crippen LogP contribution in [0.2, 0.25) is 0 Å². The molecule has 0 spiro atoms. The first-order chi connectivity index (χ1) is 9.00. The summed E-state index contributed by atoms with van der Waals surface area (Å²) >= 11 is 0. The molecule has 0 aliphatic carbocycles. The topological polar surface area (TPSA) is 65.3 Å². The number of aromatic nitrogens is 2. The van der Waals surface area contributed by atoms with Crippen molar-refractivity contribution < 1.29 is 4.74 Å². The van der Waals surface area contributed by atoms with E-state index >= 15 is 0 Å². The average Bonchev–Trinajstić information content (AvgIpc) is 2.92. The van der Waals surface area contributed by atoms with Crippen molar-refractivity contribution in [3.8, 4) is 0 Å². The van der Waals surface area contributed by atoms with Crippen molar-refractivity contribution in [1.29, 1.82) is 0 Å². The van der Waals surface area contributed by atoms with Gasteiger partial charge in [0.05, 0.1) is 6.10 Å². The van der Waals surface area contributed by atoms with E-state index in [2.05, 4.69) is 12.2 Å². The van der Waals surface area contributed by atoms with Crippen LogP contribution >= 0.6 is 0 Å². The Morgan fingerprint density at radius 2 is 2.16 bits per heavy atom. The second-order valence-electron chi connectivity index (χ2n) is 5.10. The first-order valence-corrected chi connectivity index (χ1v) is 6.61. The van der Waals surface area contributed by atoms with Crippen molar-refractivity contribution in [3.05, 3.63) is 32.6 Å². The minimum atomic E-state index is -0.297. The van der Waals surface area contributed by atoms with Gasteiger partial charge in [0.1, 0.15) is 0 Å². The third kappa shape index (κ3) is 2.96. The maximum atomic E-state index is 11.8. The van der Waals surface area contributed by atoms with Crippen LogP contribution in [0.5, 0.6) is 0 Å². The van der Waals surface area contributed by atoms with E-state index < -0.39 is 0 Å². The van der Waals surface area contributed by atoms with Gasteiger partial charge in [0, 0.05) is 45.0 Å². The molecule has 6 nitrogen and oxygen atoms in total. The Balaban J connectivity index is 2.07. The smallest absolute Gasteiger partial charge is 0.330 e. The van der Waals surface area contributed by atoms with Gasteiger partial charge in [-0.3, -0.25) is 13.9 Å². The summed E-state index contributed by atoms with van der Waals surface area (Å²) in [6.07, 6.45) is 2.38. The van der Waals surface area contributed by atoms with E-state index in [1.807, 2.05) is 0 Å². The largest absolute Gasteiger partial charge is 0.377 e. The van der Waals surface area contributed by atoms with Crippen molar-refractivity contribution in [2.75, 3.05) is 6.61 Å². The minimum Gasteiger partial charge on any atom is -0.377 e. The number of hydrogen-bond donors (Lipinski definition) is 1. The van der Waals surface area contributed by atoms with Gasteiger partial charge in [-0.05, 0) is 19.8 Å². The molecule has 0 amide bonds. The van der Waals surface area contributed by atoms with Gasteiger partial charge in [0.15, 0.2) is 0 Å². The first-order valence-electron chi connectivity index (χ1n) is 6.61. The molecule has 1 aromatic rings. The van der Waals surface area contributed by atoms with E-state index in [4.69, 9.17) is 4.74 Å². The Labute approximate surface area is 112 Å². The Bertz CT molecular complexity index is 555. The molecular weight excluding hydrogens is 246 g/mol. The summed E-state index contributed by atoms with van der Waals surface area (Å²) in [6, 6.07) is 1.71. The van der Waals surface area contributed by atoms with Gasteiger partial charge in [-0.25, -0.2) is 4.79 Å². The van der Waals surface area contributed by atoms with Crippen molar-refractivity contribution in [1.82, 2.24) is 14.5 Å². The fraction of sp³-hybridized carbons (Fsp3) is 0.692. The van der Waals surface area contributed by atoms with Gasteiger partial charge in [0.25, 0.3) is 5.56 Å². The molecule has 106 valence electrons. The summed E-state index contributed by atoms with van der Waals surface area (Å²) in [6.45, 7) is 3.37. The monoisotopic (exact) mass is 267 g/mol. The zero-order valence-corrected chi connectivity index (χ0v) is 11.7. The normalized spacial score (nSPS) is 20.7. The highest BCUT2D eigenvalue weighted by Gasteiger charge is 2.22. The third-order valence-corrected chi connectivity index (χ3v) is 3.75. The Morgan fingerprint density at radius 3 is 2.79 bits per heavy atom. The zero-order chi connectivity index (χ0) is 14.0. The molecule has 2 heterocycles. The van der Waals surface area contributed by atoms with Crippen LogP contribution in [-0.2, 0) is 25.4 Å². The quantitative estimate of drug-likeness (QED) is 0.816. The molecule has 2 unspecified atom stereocenters. The van der Waals surface area contributed by atoms with Gasteiger partial charge in [0.2, 0.25) is 0 Å². The lowest BCUT2D eigenvalue weighted by atomic mass is 10.1. The summed E-state index contributed by atoms with van der Waals surface area (Å²) in [5, 5.41) is 3.32. The van der Waals surface area contributed by atoms with Crippen LogP contribution in [-0.4, -0.2) is 27.9 Å². The molecule has 19 heavy (non-hydrogen) atoms. The standard InChI is InChI=1S/C13H21N3O3/c1-9(11-5-4-6-19-11)14-8-10-7-12(17)16(3)13(18)15(10)2/h7,9,11,14H,4-6,8H2,1-3H3. The maximum Gasteiger partial charge on any atom is 0.330 e. The van der Waals surface area contributed by atoms with E-state index in [9.17, 15) is 9.59 Å². The predicted octanol–water partition coefficient (Wildman–Crippen LogP) is -0.259. The summed E-state index contributed by atoms with van der Waals surface area (Å²) in [4.78, 5) is 23.4. The number of rotatable bonds is 4. The first kappa shape index (κ1) is 14.0. The van der Waals surface area contributed by atoms with E-state index in [1.165, 1.54) is 17.7 Å². The van der Waals surface area contributed by atoms with E-state index in [0.29, 0.717) is 12.2 Å². The highest BCUT2D eigenvalue weighted by molar-refractivity contribution is 5.02. The van der Waals surface area contributed by atoms with E-state index in [-0.39, 0.29) is 23.4 Å². The lowest BCUT2D eigenvalue weighted by Gasteiger charge is -2.20. The van der Waals surface area contributed by atoms with Crippen molar-refractivity contribution >= 4 is 0 Å². The highest BCUT2D eigenvalue weighted by atomic mass is 16.5. The molecule has 1 fully saturated rings. The van der Waals surface area contributed by atoms with Gasteiger partial charge < -0.3 is 10.1 Å². The van der Waals surface area contributed by atoms with Crippen LogP contribution in [0, 0.1) is 0 Å². The molecule has 2 rings (SSSR count). The van der Waals surface area contributed by atoms with E-state index in [0.717, 1.165) is 24.0 Å². The third-order valence-electron chi connectivity index (χ3n) is 3.75. The molecule has 1 saturated heterocycles. The van der Waals surface area contributed by atoms with Gasteiger partial charge in [-0.2, -0.15) is 0 Å². The van der Waals surface area contributed by atoms with Crippen LogP contribution < -0.4 is 16.6 Å². The molecule has 1 aliphatic heterocycles. The highest BCUT2D eigenvalue weighted by Crippen LogP contribution is 2.15. The van der Waals surface area contributed by atoms with E-state index in [1.54, 1.807) is 7.05 Å². The Morgan fingerprint density at radius 1 is 1.42 bits per heavy atom. The fourth-order valence-corrected chi connectivity index (χ4v) is 2.34. The van der Waals surface area contributed by atoms with Gasteiger partial charge in [-0.15, -0.1) is 0 Å². The average molecular weight is 267 g/mol. The molecule has 0 bridgehead atoms. The second-order valence-corrected chi connectivity index (χ2v) is 5.10. The number of ether oxygens (including phenoxy) is 1. The zero-order valence-electron chi connectivity index (χ0n) is 11.7. The summed E-state index contributed by atoms with van der Waals surface area (Å²) in [5.74, 6) is 0. The summed E-state index contributed by atoms with van der Waals surface area (Å²) < 4.78 is 8.20. The van der Waals surface area contributed by atoms with Gasteiger partial charge in [-0.1, -0.05) is 0 Å². The van der Waals surface area contributed by atoms with Crippen molar-refractivity contribution in [3.63, 3.8) is 0 Å². The molecule has 2 atom stereocenters. The van der Waals surface area contributed by atoms with Crippen molar-refractivity contribution in [2.45, 2.75) is 38.5 Å². The molecule has 0 radical (unpaired) electrons.